The van der Waals surface area contributed by atoms with Crippen LogP contribution in [0.1, 0.15) is 16.8 Å². The monoisotopic (exact) mass is 415 g/mol. The number of nitrogens with zero attached hydrogens (tertiary/aromatic N) is 3. The molecule has 6 nitrogen and oxygen atoms in total. The highest BCUT2D eigenvalue weighted by atomic mass is 16.6. The molecule has 4 heterocycles. The Kier molecular flexibility index (Phi) is 4.03. The average molecular weight is 415 g/mol. The molecule has 6 rings (SSSR count). The molecule has 2 aromatic carbocycles. The Morgan fingerprint density at radius 1 is 0.935 bits per heavy atom. The Bertz CT molecular complexity index is 1150. The van der Waals surface area contributed by atoms with Crippen molar-refractivity contribution in [1.82, 2.24) is 4.98 Å². The third kappa shape index (κ3) is 2.81. The minimum absolute atomic E-state index is 0.217. The average Bonchev–Trinajstić information content (AvgIpc) is 3.31. The van der Waals surface area contributed by atoms with Crippen molar-refractivity contribution >= 4 is 11.4 Å². The fourth-order valence-electron chi connectivity index (χ4n) is 4.96. The van der Waals surface area contributed by atoms with Crippen LogP contribution in [0.5, 0.6) is 17.2 Å². The molecule has 3 aromatic rings. The predicted molar refractivity (Wildman–Crippen MR) is 120 cm³/mol. The van der Waals surface area contributed by atoms with Gasteiger partial charge in [0.25, 0.3) is 0 Å². The second kappa shape index (κ2) is 6.80. The van der Waals surface area contributed by atoms with E-state index in [1.165, 1.54) is 16.8 Å². The van der Waals surface area contributed by atoms with Crippen LogP contribution in [0.4, 0.5) is 11.4 Å². The third-order valence-corrected chi connectivity index (χ3v) is 6.53. The van der Waals surface area contributed by atoms with E-state index < -0.39 is 0 Å². The number of hydrogen-bond donors (Lipinski definition) is 0. The lowest BCUT2D eigenvalue weighted by Crippen LogP contribution is -2.36. The van der Waals surface area contributed by atoms with Crippen molar-refractivity contribution in [2.75, 3.05) is 50.3 Å². The molecule has 0 aliphatic carbocycles. The maximum absolute atomic E-state index is 6.22. The van der Waals surface area contributed by atoms with Gasteiger partial charge in [-0.25, -0.2) is 0 Å². The topological polar surface area (TPSA) is 47.1 Å². The van der Waals surface area contributed by atoms with Crippen molar-refractivity contribution in [1.29, 1.82) is 0 Å². The first-order valence-corrected chi connectivity index (χ1v) is 10.7. The Morgan fingerprint density at radius 3 is 2.52 bits per heavy atom. The minimum Gasteiger partial charge on any atom is -0.492 e. The lowest BCUT2D eigenvalue weighted by molar-refractivity contribution is 0.171. The van der Waals surface area contributed by atoms with Gasteiger partial charge in [0, 0.05) is 38.0 Å². The van der Waals surface area contributed by atoms with Gasteiger partial charge in [0.15, 0.2) is 11.5 Å². The SMILES string of the molecule is CN(C)c1ccc(CN2CC3(COc4cc5c(cc43)OCCO5)c3ccccc32)nc1. The molecule has 31 heavy (non-hydrogen) atoms. The molecule has 1 atom stereocenters. The number of fused-ring (bicyclic) bond motifs is 5. The first kappa shape index (κ1) is 18.4. The Balaban J connectivity index is 1.38. The van der Waals surface area contributed by atoms with Gasteiger partial charge in [0.1, 0.15) is 25.6 Å². The van der Waals surface area contributed by atoms with Gasteiger partial charge in [0.2, 0.25) is 0 Å². The Morgan fingerprint density at radius 2 is 1.74 bits per heavy atom. The lowest BCUT2D eigenvalue weighted by atomic mass is 9.77. The fourth-order valence-corrected chi connectivity index (χ4v) is 4.96. The van der Waals surface area contributed by atoms with Crippen LogP contribution in [0.3, 0.4) is 0 Å². The summed E-state index contributed by atoms with van der Waals surface area (Å²) >= 11 is 0. The van der Waals surface area contributed by atoms with Crippen LogP contribution in [-0.2, 0) is 12.0 Å². The van der Waals surface area contributed by atoms with E-state index in [9.17, 15) is 0 Å². The largest absolute Gasteiger partial charge is 0.492 e. The maximum Gasteiger partial charge on any atom is 0.165 e. The van der Waals surface area contributed by atoms with Crippen molar-refractivity contribution in [3.63, 3.8) is 0 Å². The molecule has 1 aromatic heterocycles. The molecule has 1 spiro atoms. The highest BCUT2D eigenvalue weighted by Crippen LogP contribution is 2.54. The second-order valence-corrected chi connectivity index (χ2v) is 8.64. The molecule has 0 saturated carbocycles. The van der Waals surface area contributed by atoms with E-state index >= 15 is 0 Å². The number of ether oxygens (including phenoxy) is 3. The van der Waals surface area contributed by atoms with Gasteiger partial charge < -0.3 is 24.0 Å². The van der Waals surface area contributed by atoms with Crippen molar-refractivity contribution in [2.24, 2.45) is 0 Å². The van der Waals surface area contributed by atoms with Gasteiger partial charge in [-0.15, -0.1) is 0 Å². The van der Waals surface area contributed by atoms with Crippen molar-refractivity contribution in [3.05, 3.63) is 71.5 Å². The summed E-state index contributed by atoms with van der Waals surface area (Å²) in [6, 6.07) is 17.0. The van der Waals surface area contributed by atoms with E-state index in [2.05, 4.69) is 52.3 Å². The molecule has 1 unspecified atom stereocenters. The minimum atomic E-state index is -0.217. The number of anilines is 2. The van der Waals surface area contributed by atoms with Crippen LogP contribution in [0, 0.1) is 0 Å². The first-order chi connectivity index (χ1) is 15.1. The van der Waals surface area contributed by atoms with Gasteiger partial charge in [-0.2, -0.15) is 0 Å². The summed E-state index contributed by atoms with van der Waals surface area (Å²) < 4.78 is 17.9. The molecular weight excluding hydrogens is 390 g/mol. The molecule has 0 bridgehead atoms. The van der Waals surface area contributed by atoms with Gasteiger partial charge in [0.05, 0.1) is 29.5 Å². The summed E-state index contributed by atoms with van der Waals surface area (Å²) in [5, 5.41) is 0. The van der Waals surface area contributed by atoms with E-state index in [1.807, 2.05) is 26.4 Å². The van der Waals surface area contributed by atoms with E-state index in [1.54, 1.807) is 0 Å². The number of rotatable bonds is 3. The van der Waals surface area contributed by atoms with Gasteiger partial charge in [-0.05, 0) is 29.8 Å². The van der Waals surface area contributed by atoms with Crippen LogP contribution >= 0.6 is 0 Å². The highest BCUT2D eigenvalue weighted by Gasteiger charge is 2.50. The summed E-state index contributed by atoms with van der Waals surface area (Å²) in [5.74, 6) is 2.48. The summed E-state index contributed by atoms with van der Waals surface area (Å²) in [4.78, 5) is 9.19. The van der Waals surface area contributed by atoms with E-state index in [-0.39, 0.29) is 5.41 Å². The van der Waals surface area contributed by atoms with Crippen molar-refractivity contribution < 1.29 is 14.2 Å². The number of para-hydroxylation sites is 1. The van der Waals surface area contributed by atoms with Crippen LogP contribution in [0.2, 0.25) is 0 Å². The molecule has 158 valence electrons. The van der Waals surface area contributed by atoms with Gasteiger partial charge >= 0.3 is 0 Å². The number of hydrogen-bond acceptors (Lipinski definition) is 6. The van der Waals surface area contributed by atoms with Crippen LogP contribution in [0.25, 0.3) is 0 Å². The normalized spacial score (nSPS) is 20.4. The molecule has 0 fully saturated rings. The fraction of sp³-hybridized carbons (Fsp3) is 0.320. The highest BCUT2D eigenvalue weighted by molar-refractivity contribution is 5.70. The van der Waals surface area contributed by atoms with Crippen molar-refractivity contribution in [3.8, 4) is 17.2 Å². The molecule has 3 aliphatic rings. The number of pyridine rings is 1. The number of aromatic nitrogens is 1. The Labute approximate surface area is 182 Å². The summed E-state index contributed by atoms with van der Waals surface area (Å²) in [6.45, 7) is 3.37. The van der Waals surface area contributed by atoms with E-state index in [4.69, 9.17) is 19.2 Å². The summed E-state index contributed by atoms with van der Waals surface area (Å²) in [5.41, 5.74) is 5.67. The zero-order chi connectivity index (χ0) is 21.0. The maximum atomic E-state index is 6.22. The second-order valence-electron chi connectivity index (χ2n) is 8.64. The van der Waals surface area contributed by atoms with E-state index in [0.29, 0.717) is 19.8 Å². The Hall–Kier alpha value is -3.41. The molecule has 0 amide bonds. The standard InChI is InChI=1S/C25H25N3O3/c1-27(2)18-8-7-17(26-13-18)14-28-15-25(19-5-3-4-6-21(19)28)16-31-22-12-24-23(11-20(22)25)29-9-10-30-24/h3-8,11-13H,9-10,14-16H2,1-2H3. The number of benzene rings is 2. The van der Waals surface area contributed by atoms with Crippen LogP contribution in [-0.4, -0.2) is 45.4 Å². The summed E-state index contributed by atoms with van der Waals surface area (Å²) in [6.07, 6.45) is 1.94. The van der Waals surface area contributed by atoms with Gasteiger partial charge in [-0.3, -0.25) is 4.98 Å². The molecule has 3 aliphatic heterocycles. The van der Waals surface area contributed by atoms with Crippen LogP contribution in [0.15, 0.2) is 54.7 Å². The lowest BCUT2D eigenvalue weighted by Gasteiger charge is -2.26. The first-order valence-electron chi connectivity index (χ1n) is 10.7. The molecule has 0 saturated heterocycles. The summed E-state index contributed by atoms with van der Waals surface area (Å²) in [7, 11) is 4.06. The molecule has 0 radical (unpaired) electrons. The molecule has 0 N–H and O–H groups in total. The smallest absolute Gasteiger partial charge is 0.165 e. The van der Waals surface area contributed by atoms with E-state index in [0.717, 1.165) is 41.7 Å². The van der Waals surface area contributed by atoms with Crippen molar-refractivity contribution in [2.45, 2.75) is 12.0 Å². The third-order valence-electron chi connectivity index (χ3n) is 6.53. The van der Waals surface area contributed by atoms with Gasteiger partial charge in [-0.1, -0.05) is 18.2 Å². The quantitative estimate of drug-likeness (QED) is 0.651. The molecular formula is C25H25N3O3. The predicted octanol–water partition coefficient (Wildman–Crippen LogP) is 3.62. The molecule has 6 heteroatoms. The zero-order valence-electron chi connectivity index (χ0n) is 17.8. The zero-order valence-corrected chi connectivity index (χ0v) is 17.8. The van der Waals surface area contributed by atoms with Crippen LogP contribution < -0.4 is 24.0 Å².